The summed E-state index contributed by atoms with van der Waals surface area (Å²) >= 11 is 1.37. The summed E-state index contributed by atoms with van der Waals surface area (Å²) in [5, 5.41) is 8.13. The molecule has 7 heteroatoms. The van der Waals surface area contributed by atoms with Crippen molar-refractivity contribution in [3.05, 3.63) is 59.5 Å². The molecule has 1 aliphatic carbocycles. The molecule has 1 heterocycles. The summed E-state index contributed by atoms with van der Waals surface area (Å²) in [5.74, 6) is 0.772. The minimum Gasteiger partial charge on any atom is -0.494 e. The molecule has 0 radical (unpaired) electrons. The number of carbonyl (C=O) groups excluding carboxylic acids is 2. The zero-order valence-corrected chi connectivity index (χ0v) is 16.8. The van der Waals surface area contributed by atoms with E-state index in [0.717, 1.165) is 29.8 Å². The quantitative estimate of drug-likeness (QED) is 0.589. The first-order valence-corrected chi connectivity index (χ1v) is 10.4. The van der Waals surface area contributed by atoms with Gasteiger partial charge in [0.25, 0.3) is 5.91 Å². The molecule has 2 aromatic carbocycles. The van der Waals surface area contributed by atoms with Crippen molar-refractivity contribution in [2.45, 2.75) is 19.8 Å². The molecule has 1 aliphatic rings. The minimum atomic E-state index is -0.238. The molecule has 0 unspecified atom stereocenters. The molecule has 1 aromatic heterocycles. The van der Waals surface area contributed by atoms with Crippen LogP contribution in [0.1, 0.15) is 30.1 Å². The molecule has 1 fully saturated rings. The lowest BCUT2D eigenvalue weighted by Crippen LogP contribution is -2.14. The summed E-state index contributed by atoms with van der Waals surface area (Å²) in [4.78, 5) is 28.8. The summed E-state index contributed by atoms with van der Waals surface area (Å²) < 4.78 is 5.45. The molecule has 0 saturated heterocycles. The fourth-order valence-corrected chi connectivity index (χ4v) is 3.53. The van der Waals surface area contributed by atoms with Crippen LogP contribution in [0, 0.1) is 5.92 Å². The Kier molecular flexibility index (Phi) is 5.57. The van der Waals surface area contributed by atoms with E-state index in [9.17, 15) is 9.59 Å². The highest BCUT2D eigenvalue weighted by atomic mass is 32.1. The average molecular weight is 407 g/mol. The lowest BCUT2D eigenvalue weighted by atomic mass is 10.2. The molecule has 0 atom stereocenters. The smallest absolute Gasteiger partial charge is 0.257 e. The molecule has 148 valence electrons. The van der Waals surface area contributed by atoms with E-state index < -0.39 is 0 Å². The van der Waals surface area contributed by atoms with E-state index in [4.69, 9.17) is 4.74 Å². The van der Waals surface area contributed by atoms with Crippen LogP contribution in [0.4, 0.5) is 10.8 Å². The Morgan fingerprint density at radius 1 is 1.07 bits per heavy atom. The minimum absolute atomic E-state index is 0.0480. The van der Waals surface area contributed by atoms with Crippen LogP contribution in [-0.2, 0) is 4.79 Å². The number of thiazole rings is 1. The number of nitrogens with zero attached hydrogens (tertiary/aromatic N) is 1. The number of ether oxygens (including phenoxy) is 1. The highest BCUT2D eigenvalue weighted by Gasteiger charge is 2.29. The normalized spacial score (nSPS) is 13.0. The van der Waals surface area contributed by atoms with E-state index in [1.165, 1.54) is 11.3 Å². The van der Waals surface area contributed by atoms with Gasteiger partial charge >= 0.3 is 0 Å². The van der Waals surface area contributed by atoms with Gasteiger partial charge in [-0.3, -0.25) is 14.9 Å². The summed E-state index contributed by atoms with van der Waals surface area (Å²) in [7, 11) is 0. The molecule has 0 spiro atoms. The Bertz CT molecular complexity index is 1010. The second-order valence-corrected chi connectivity index (χ2v) is 7.65. The van der Waals surface area contributed by atoms with Crippen LogP contribution in [0.15, 0.2) is 53.9 Å². The number of nitrogens with one attached hydrogen (secondary N) is 2. The van der Waals surface area contributed by atoms with Gasteiger partial charge in [0.1, 0.15) is 5.75 Å². The number of carbonyl (C=O) groups is 2. The molecule has 1 saturated carbocycles. The predicted molar refractivity (Wildman–Crippen MR) is 114 cm³/mol. The molecule has 6 nitrogen and oxygen atoms in total. The molecule has 3 aromatic rings. The third-order valence-electron chi connectivity index (χ3n) is 4.55. The first-order chi connectivity index (χ1) is 14.1. The standard InChI is InChI=1S/C22H21N3O3S/c1-2-28-18-11-7-14(8-12-18)19-13-29-22(24-19)25-21(27)16-5-9-17(10-6-16)23-20(26)15-3-4-15/h5-13,15H,2-4H2,1H3,(H,23,26)(H,24,25,27). The second kappa shape index (κ2) is 8.45. The van der Waals surface area contributed by atoms with Crippen LogP contribution in [0.5, 0.6) is 5.75 Å². The van der Waals surface area contributed by atoms with Crippen molar-refractivity contribution in [3.8, 4) is 17.0 Å². The van der Waals surface area contributed by atoms with Crippen LogP contribution in [0.3, 0.4) is 0 Å². The molecule has 29 heavy (non-hydrogen) atoms. The first-order valence-electron chi connectivity index (χ1n) is 9.53. The van der Waals surface area contributed by atoms with Gasteiger partial charge in [0.2, 0.25) is 5.91 Å². The molecule has 0 aliphatic heterocycles. The van der Waals surface area contributed by atoms with Gasteiger partial charge in [-0.2, -0.15) is 0 Å². The Morgan fingerprint density at radius 3 is 2.45 bits per heavy atom. The largest absolute Gasteiger partial charge is 0.494 e. The molecule has 4 rings (SSSR count). The summed E-state index contributed by atoms with van der Waals surface area (Å²) in [6.07, 6.45) is 1.91. The fourth-order valence-electron chi connectivity index (χ4n) is 2.82. The van der Waals surface area contributed by atoms with E-state index in [1.807, 2.05) is 36.6 Å². The zero-order valence-electron chi connectivity index (χ0n) is 16.0. The van der Waals surface area contributed by atoms with Crippen LogP contribution < -0.4 is 15.4 Å². The van der Waals surface area contributed by atoms with E-state index >= 15 is 0 Å². The van der Waals surface area contributed by atoms with Gasteiger partial charge in [0.05, 0.1) is 12.3 Å². The summed E-state index contributed by atoms with van der Waals surface area (Å²) in [6, 6.07) is 14.6. The lowest BCUT2D eigenvalue weighted by molar-refractivity contribution is -0.117. The van der Waals surface area contributed by atoms with Crippen molar-refractivity contribution in [1.29, 1.82) is 0 Å². The summed E-state index contributed by atoms with van der Waals surface area (Å²) in [5.41, 5.74) is 2.96. The van der Waals surface area contributed by atoms with Crippen molar-refractivity contribution in [1.82, 2.24) is 4.98 Å². The topological polar surface area (TPSA) is 80.3 Å². The predicted octanol–water partition coefficient (Wildman–Crippen LogP) is 4.81. The lowest BCUT2D eigenvalue weighted by Gasteiger charge is -2.06. The highest BCUT2D eigenvalue weighted by molar-refractivity contribution is 7.14. The number of aromatic nitrogens is 1. The second-order valence-electron chi connectivity index (χ2n) is 6.79. The fraction of sp³-hybridized carbons (Fsp3) is 0.227. The first kappa shape index (κ1) is 19.1. The Balaban J connectivity index is 1.37. The van der Waals surface area contributed by atoms with Crippen molar-refractivity contribution in [2.75, 3.05) is 17.2 Å². The molecule has 2 N–H and O–H groups in total. The number of rotatable bonds is 7. The monoisotopic (exact) mass is 407 g/mol. The van der Waals surface area contributed by atoms with Crippen LogP contribution >= 0.6 is 11.3 Å². The van der Waals surface area contributed by atoms with Crippen molar-refractivity contribution >= 4 is 34.0 Å². The van der Waals surface area contributed by atoms with Crippen LogP contribution in [0.25, 0.3) is 11.3 Å². The Morgan fingerprint density at radius 2 is 1.79 bits per heavy atom. The maximum Gasteiger partial charge on any atom is 0.257 e. The Hall–Kier alpha value is -3.19. The number of anilines is 2. The number of benzene rings is 2. The van der Waals surface area contributed by atoms with Gasteiger partial charge in [0.15, 0.2) is 5.13 Å². The van der Waals surface area contributed by atoms with Gasteiger partial charge in [-0.1, -0.05) is 0 Å². The van der Waals surface area contributed by atoms with Gasteiger partial charge in [0, 0.05) is 28.1 Å². The van der Waals surface area contributed by atoms with Gasteiger partial charge in [-0.25, -0.2) is 4.98 Å². The zero-order chi connectivity index (χ0) is 20.2. The molecular weight excluding hydrogens is 386 g/mol. The van der Waals surface area contributed by atoms with E-state index in [0.29, 0.717) is 23.0 Å². The average Bonchev–Trinajstić information content (AvgIpc) is 3.49. The third-order valence-corrected chi connectivity index (χ3v) is 5.31. The van der Waals surface area contributed by atoms with Crippen molar-refractivity contribution < 1.29 is 14.3 Å². The summed E-state index contributed by atoms with van der Waals surface area (Å²) in [6.45, 7) is 2.57. The molecule has 0 bridgehead atoms. The molecular formula is C22H21N3O3S. The molecule has 2 amide bonds. The SMILES string of the molecule is CCOc1ccc(-c2csc(NC(=O)c3ccc(NC(=O)C4CC4)cc3)n2)cc1. The van der Waals surface area contributed by atoms with E-state index in [1.54, 1.807) is 24.3 Å². The number of hydrogen-bond donors (Lipinski definition) is 2. The van der Waals surface area contributed by atoms with E-state index in [-0.39, 0.29) is 17.7 Å². The van der Waals surface area contributed by atoms with Crippen LogP contribution in [0.2, 0.25) is 0 Å². The van der Waals surface area contributed by atoms with Crippen molar-refractivity contribution in [3.63, 3.8) is 0 Å². The van der Waals surface area contributed by atoms with Crippen molar-refractivity contribution in [2.24, 2.45) is 5.92 Å². The van der Waals surface area contributed by atoms with Gasteiger partial charge < -0.3 is 10.1 Å². The maximum absolute atomic E-state index is 12.5. The number of amides is 2. The maximum atomic E-state index is 12.5. The van der Waals surface area contributed by atoms with E-state index in [2.05, 4.69) is 15.6 Å². The third kappa shape index (κ3) is 4.81. The highest BCUT2D eigenvalue weighted by Crippen LogP contribution is 2.30. The Labute approximate surface area is 172 Å². The van der Waals surface area contributed by atoms with Gasteiger partial charge in [-0.05, 0) is 68.3 Å². The van der Waals surface area contributed by atoms with Gasteiger partial charge in [-0.15, -0.1) is 11.3 Å². The van der Waals surface area contributed by atoms with Crippen LogP contribution in [-0.4, -0.2) is 23.4 Å². The number of hydrogen-bond acceptors (Lipinski definition) is 5.